The van der Waals surface area contributed by atoms with Crippen LogP contribution >= 0.6 is 0 Å². The first-order chi connectivity index (χ1) is 15.7. The predicted octanol–water partition coefficient (Wildman–Crippen LogP) is 3.42. The van der Waals surface area contributed by atoms with E-state index in [0.717, 1.165) is 36.3 Å². The number of urea groups is 1. The molecule has 2 fully saturated rings. The van der Waals surface area contributed by atoms with E-state index >= 15 is 0 Å². The smallest absolute Gasteiger partial charge is 0.331 e. The van der Waals surface area contributed by atoms with Crippen LogP contribution in [0.4, 0.5) is 10.5 Å². The van der Waals surface area contributed by atoms with Gasteiger partial charge in [-0.1, -0.05) is 12.8 Å². The largest absolute Gasteiger partial charge is 0.495 e. The summed E-state index contributed by atoms with van der Waals surface area (Å²) >= 11 is 0. The van der Waals surface area contributed by atoms with E-state index in [1.54, 1.807) is 17.6 Å². The Hall–Kier alpha value is -3.95. The molecule has 1 aliphatic heterocycles. The van der Waals surface area contributed by atoms with Crippen molar-refractivity contribution >= 4 is 29.6 Å². The number of methoxy groups -OCH3 is 1. The highest BCUT2D eigenvalue weighted by Gasteiger charge is 2.40. The molecule has 2 heterocycles. The molecule has 1 N–H and O–H groups in total. The van der Waals surface area contributed by atoms with E-state index in [-0.39, 0.29) is 17.3 Å². The molecule has 1 aromatic heterocycles. The van der Waals surface area contributed by atoms with Crippen molar-refractivity contribution in [2.24, 2.45) is 0 Å². The van der Waals surface area contributed by atoms with Crippen LogP contribution in [0.15, 0.2) is 29.8 Å². The first-order valence-electron chi connectivity index (χ1n) is 10.6. The van der Waals surface area contributed by atoms with Crippen LogP contribution in [0.5, 0.6) is 5.75 Å². The summed E-state index contributed by atoms with van der Waals surface area (Å²) in [5, 5.41) is 13.6. The highest BCUT2D eigenvalue weighted by molar-refractivity contribution is 6.31. The van der Waals surface area contributed by atoms with Crippen molar-refractivity contribution in [1.82, 2.24) is 14.8 Å². The fraction of sp³-hybridized carbons (Fsp3) is 0.348. The van der Waals surface area contributed by atoms with Gasteiger partial charge in [0, 0.05) is 29.6 Å². The molecular formula is C23H24N4O6. The molecule has 1 aromatic carbocycles. The molecule has 4 amide bonds. The van der Waals surface area contributed by atoms with Gasteiger partial charge in [0.1, 0.15) is 11.3 Å². The lowest BCUT2D eigenvalue weighted by Gasteiger charge is -2.31. The zero-order valence-corrected chi connectivity index (χ0v) is 18.6. The van der Waals surface area contributed by atoms with Crippen molar-refractivity contribution in [2.75, 3.05) is 7.11 Å². The monoisotopic (exact) mass is 452 g/mol. The average molecular weight is 452 g/mol. The van der Waals surface area contributed by atoms with E-state index in [1.165, 1.54) is 31.4 Å². The topological polar surface area (TPSA) is 124 Å². The number of rotatable bonds is 5. The molecule has 1 saturated heterocycles. The van der Waals surface area contributed by atoms with Crippen molar-refractivity contribution in [2.45, 2.75) is 45.6 Å². The molecule has 0 spiro atoms. The third kappa shape index (κ3) is 3.88. The number of benzene rings is 1. The molecule has 10 nitrogen and oxygen atoms in total. The quantitative estimate of drug-likeness (QED) is 0.321. The summed E-state index contributed by atoms with van der Waals surface area (Å²) in [6.45, 7) is 3.59. The van der Waals surface area contributed by atoms with Crippen LogP contribution in [0.3, 0.4) is 0 Å². The summed E-state index contributed by atoms with van der Waals surface area (Å²) in [7, 11) is 1.47. The average Bonchev–Trinajstić information content (AvgIpc) is 3.38. The van der Waals surface area contributed by atoms with E-state index in [0.29, 0.717) is 22.7 Å². The minimum Gasteiger partial charge on any atom is -0.495 e. The van der Waals surface area contributed by atoms with Gasteiger partial charge in [0.15, 0.2) is 0 Å². The summed E-state index contributed by atoms with van der Waals surface area (Å²) in [5.41, 5.74) is 2.22. The molecule has 2 aliphatic rings. The zero-order chi connectivity index (χ0) is 23.9. The van der Waals surface area contributed by atoms with Crippen LogP contribution in [0.1, 0.15) is 42.6 Å². The number of hydrogen-bond acceptors (Lipinski definition) is 6. The van der Waals surface area contributed by atoms with Crippen molar-refractivity contribution in [3.05, 3.63) is 56.9 Å². The Balaban J connectivity index is 1.78. The molecule has 4 rings (SSSR count). The maximum atomic E-state index is 13.1. The molecule has 0 atom stereocenters. The number of nitro benzene ring substituents is 1. The molecule has 2 aromatic rings. The van der Waals surface area contributed by atoms with Crippen molar-refractivity contribution in [3.8, 4) is 11.4 Å². The highest BCUT2D eigenvalue weighted by atomic mass is 16.6. The number of nitrogens with one attached hydrogen (secondary N) is 1. The molecule has 1 saturated carbocycles. The van der Waals surface area contributed by atoms with Gasteiger partial charge in [-0.05, 0) is 50.5 Å². The zero-order valence-electron chi connectivity index (χ0n) is 18.6. The number of barbiturate groups is 1. The van der Waals surface area contributed by atoms with Crippen molar-refractivity contribution in [3.63, 3.8) is 0 Å². The van der Waals surface area contributed by atoms with Crippen LogP contribution in [0.25, 0.3) is 11.8 Å². The van der Waals surface area contributed by atoms with Crippen molar-refractivity contribution in [1.29, 1.82) is 0 Å². The lowest BCUT2D eigenvalue weighted by Crippen LogP contribution is -2.57. The van der Waals surface area contributed by atoms with Gasteiger partial charge in [-0.3, -0.25) is 29.9 Å². The Morgan fingerprint density at radius 3 is 2.48 bits per heavy atom. The summed E-state index contributed by atoms with van der Waals surface area (Å²) in [5.74, 6) is -0.906. The minimum atomic E-state index is -0.739. The normalized spacial score (nSPS) is 18.2. The number of amides is 4. The molecule has 10 heteroatoms. The second kappa shape index (κ2) is 8.53. The lowest BCUT2D eigenvalue weighted by atomic mass is 10.1. The minimum absolute atomic E-state index is 0.0919. The predicted molar refractivity (Wildman–Crippen MR) is 119 cm³/mol. The number of aryl methyl sites for hydroxylation is 1. The maximum absolute atomic E-state index is 13.1. The van der Waals surface area contributed by atoms with Gasteiger partial charge >= 0.3 is 6.03 Å². The first kappa shape index (κ1) is 22.3. The number of imide groups is 2. The number of nitro groups is 1. The third-order valence-electron chi connectivity index (χ3n) is 6.21. The van der Waals surface area contributed by atoms with Crippen LogP contribution in [-0.4, -0.2) is 45.4 Å². The summed E-state index contributed by atoms with van der Waals surface area (Å²) in [6, 6.07) is 5.18. The number of carbonyl (C=O) groups excluding carboxylic acids is 3. The molecular weight excluding hydrogens is 428 g/mol. The number of ether oxygens (including phenoxy) is 1. The van der Waals surface area contributed by atoms with Crippen molar-refractivity contribution < 1.29 is 24.0 Å². The maximum Gasteiger partial charge on any atom is 0.331 e. The molecule has 1 aliphatic carbocycles. The standard InChI is InChI=1S/C23H24N4O6/c1-13-10-15(14(2)25(13)19-12-17(27(31)32)8-9-20(19)33-3)11-18-21(28)24-23(30)26(22(18)29)16-6-4-5-7-16/h8-12,16H,4-7H2,1-3H3,(H,24,28,30)/b18-11+. The van der Waals surface area contributed by atoms with Crippen LogP contribution in [0.2, 0.25) is 0 Å². The van der Waals surface area contributed by atoms with E-state index < -0.39 is 22.8 Å². The van der Waals surface area contributed by atoms with E-state index in [9.17, 15) is 24.5 Å². The van der Waals surface area contributed by atoms with Crippen LogP contribution in [-0.2, 0) is 9.59 Å². The summed E-state index contributed by atoms with van der Waals surface area (Å²) in [4.78, 5) is 49.9. The van der Waals surface area contributed by atoms with E-state index in [1.807, 2.05) is 6.92 Å². The fourth-order valence-corrected chi connectivity index (χ4v) is 4.59. The molecule has 0 bridgehead atoms. The SMILES string of the molecule is COc1ccc([N+](=O)[O-])cc1-n1c(C)cc(/C=C2\C(=O)NC(=O)N(C3CCCC3)C2=O)c1C. The number of non-ortho nitro benzene ring substituents is 1. The molecule has 172 valence electrons. The second-order valence-corrected chi connectivity index (χ2v) is 8.21. The number of hydrogen-bond donors (Lipinski definition) is 1. The highest BCUT2D eigenvalue weighted by Crippen LogP contribution is 2.33. The Bertz CT molecular complexity index is 1210. The Morgan fingerprint density at radius 2 is 1.85 bits per heavy atom. The van der Waals surface area contributed by atoms with Gasteiger partial charge in [0.2, 0.25) is 0 Å². The van der Waals surface area contributed by atoms with Gasteiger partial charge in [-0.15, -0.1) is 0 Å². The molecule has 33 heavy (non-hydrogen) atoms. The van der Waals surface area contributed by atoms with Gasteiger partial charge in [-0.25, -0.2) is 4.79 Å². The van der Waals surface area contributed by atoms with E-state index in [4.69, 9.17) is 4.74 Å². The summed E-state index contributed by atoms with van der Waals surface area (Å²) in [6.07, 6.45) is 4.78. The first-order valence-corrected chi connectivity index (χ1v) is 10.6. The Morgan fingerprint density at radius 1 is 1.15 bits per heavy atom. The summed E-state index contributed by atoms with van der Waals surface area (Å²) < 4.78 is 7.17. The molecule has 0 unspecified atom stereocenters. The van der Waals surface area contributed by atoms with Gasteiger partial charge in [-0.2, -0.15) is 0 Å². The number of aromatic nitrogens is 1. The Labute approximate surface area is 190 Å². The van der Waals surface area contributed by atoms with Crippen LogP contribution in [0, 0.1) is 24.0 Å². The van der Waals surface area contributed by atoms with E-state index in [2.05, 4.69) is 5.32 Å². The van der Waals surface area contributed by atoms with Gasteiger partial charge < -0.3 is 9.30 Å². The lowest BCUT2D eigenvalue weighted by molar-refractivity contribution is -0.384. The number of carbonyl (C=O) groups is 3. The number of nitrogens with zero attached hydrogens (tertiary/aromatic N) is 3. The van der Waals surface area contributed by atoms with Crippen LogP contribution < -0.4 is 10.1 Å². The third-order valence-corrected chi connectivity index (χ3v) is 6.21. The van der Waals surface area contributed by atoms with Gasteiger partial charge in [0.25, 0.3) is 17.5 Å². The molecule has 0 radical (unpaired) electrons. The Kier molecular flexibility index (Phi) is 5.75. The fourth-order valence-electron chi connectivity index (χ4n) is 4.59. The van der Waals surface area contributed by atoms with Gasteiger partial charge in [0.05, 0.1) is 17.7 Å². The second-order valence-electron chi connectivity index (χ2n) is 8.21.